The lowest BCUT2D eigenvalue weighted by atomic mass is 10.5. The van der Waals surface area contributed by atoms with Crippen molar-refractivity contribution in [1.82, 2.24) is 19.5 Å². The minimum absolute atomic E-state index is 0. The third-order valence-corrected chi connectivity index (χ3v) is 2.05. The van der Waals surface area contributed by atoms with Gasteiger partial charge in [-0.25, -0.2) is 15.0 Å². The molecule has 0 aliphatic heterocycles. The van der Waals surface area contributed by atoms with Gasteiger partial charge in [-0.1, -0.05) is 0 Å². The molecule has 0 fully saturated rings. The lowest BCUT2D eigenvalue weighted by Crippen LogP contribution is -1.92. The van der Waals surface area contributed by atoms with Gasteiger partial charge in [-0.05, 0) is 19.1 Å². The fraction of sp³-hybridized carbons (Fsp3) is 0.182. The Bertz CT molecular complexity index is 518. The van der Waals surface area contributed by atoms with Crippen LogP contribution in [0.1, 0.15) is 8.35 Å². The molecule has 3 aromatic rings. The van der Waals surface area contributed by atoms with Crippen LogP contribution in [0.2, 0.25) is 0 Å². The molecular weight excluding hydrogens is 204 g/mol. The molecule has 82 valence electrons. The number of imidazole rings is 1. The van der Waals surface area contributed by atoms with Gasteiger partial charge in [0.25, 0.3) is 0 Å². The summed E-state index contributed by atoms with van der Waals surface area (Å²) in [6, 6.07) is 3.67. The van der Waals surface area contributed by atoms with Crippen molar-refractivity contribution >= 4 is 11.2 Å². The average molecular weight is 217 g/mol. The highest BCUT2D eigenvalue weighted by Crippen LogP contribution is 2.05. The number of aromatic nitrogens is 4. The molecule has 16 heavy (non-hydrogen) atoms. The second-order valence-corrected chi connectivity index (χ2v) is 3.06. The first-order valence-corrected chi connectivity index (χ1v) is 5.00. The molecule has 0 aliphatic carbocycles. The van der Waals surface area contributed by atoms with E-state index in [0.717, 1.165) is 17.7 Å². The maximum absolute atomic E-state index is 4.58. The van der Waals surface area contributed by atoms with Crippen LogP contribution in [-0.4, -0.2) is 19.5 Å². The molecule has 0 aromatic carbocycles. The zero-order valence-corrected chi connectivity index (χ0v) is 8.95. The average Bonchev–Trinajstić information content (AvgIpc) is 3.02. The Morgan fingerprint density at radius 2 is 2.12 bits per heavy atom. The zero-order chi connectivity index (χ0) is 11.2. The second-order valence-electron chi connectivity index (χ2n) is 3.06. The number of nitrogens with zero attached hydrogens (tertiary/aromatic N) is 4. The highest BCUT2D eigenvalue weighted by molar-refractivity contribution is 5.68. The Kier molecular flexibility index (Phi) is 3.28. The number of fused-ring (bicyclic) bond motifs is 1. The van der Waals surface area contributed by atoms with E-state index < -0.39 is 0 Å². The van der Waals surface area contributed by atoms with E-state index in [1.165, 1.54) is 6.33 Å². The van der Waals surface area contributed by atoms with Crippen molar-refractivity contribution in [3.63, 3.8) is 0 Å². The van der Waals surface area contributed by atoms with Crippen LogP contribution in [0.25, 0.3) is 11.2 Å². The number of hydrogen-bond acceptors (Lipinski definition) is 4. The zero-order valence-electron chi connectivity index (χ0n) is 9.95. The maximum Gasteiger partial charge on any atom is 1.00 e. The lowest BCUT2D eigenvalue weighted by Gasteiger charge is -1.94. The summed E-state index contributed by atoms with van der Waals surface area (Å²) in [5, 5.41) is 0. The standard InChI is InChI=1S/C7H8N4.C4H4O/c1-2-11-5-10-6-3-8-4-9-7(6)11;1-2-4-5-3-1/h3-5H,2H2,1H3;1-4H/p+1. The van der Waals surface area contributed by atoms with Crippen LogP contribution in [0, 0.1) is 0 Å². The Morgan fingerprint density at radius 3 is 2.75 bits per heavy atom. The largest absolute Gasteiger partial charge is 1.00 e. The first-order valence-electron chi connectivity index (χ1n) is 5.00. The highest BCUT2D eigenvalue weighted by Gasteiger charge is 1.99. The normalized spacial score (nSPS) is 9.81. The number of aryl methyl sites for hydroxylation is 1. The lowest BCUT2D eigenvalue weighted by molar-refractivity contribution is 0.567. The monoisotopic (exact) mass is 217 g/mol. The van der Waals surface area contributed by atoms with E-state index in [-0.39, 0.29) is 1.43 Å². The first kappa shape index (κ1) is 10.4. The fourth-order valence-corrected chi connectivity index (χ4v) is 1.27. The molecule has 0 radical (unpaired) electrons. The van der Waals surface area contributed by atoms with E-state index in [0.29, 0.717) is 0 Å². The summed E-state index contributed by atoms with van der Waals surface area (Å²) in [4.78, 5) is 12.1. The van der Waals surface area contributed by atoms with Gasteiger partial charge >= 0.3 is 1.43 Å². The van der Waals surface area contributed by atoms with Gasteiger partial charge in [-0.2, -0.15) is 0 Å². The Hall–Kier alpha value is -2.17. The maximum atomic E-state index is 4.58. The molecule has 0 saturated carbocycles. The van der Waals surface area contributed by atoms with Crippen molar-refractivity contribution in [3.05, 3.63) is 43.5 Å². The molecule has 0 saturated heterocycles. The van der Waals surface area contributed by atoms with Crippen LogP contribution in [0.5, 0.6) is 0 Å². The highest BCUT2D eigenvalue weighted by atomic mass is 16.3. The van der Waals surface area contributed by atoms with Crippen molar-refractivity contribution in [2.75, 3.05) is 0 Å². The number of hydrogen-bond donors (Lipinski definition) is 0. The van der Waals surface area contributed by atoms with E-state index in [2.05, 4.69) is 26.3 Å². The second kappa shape index (κ2) is 5.06. The molecule has 0 unspecified atom stereocenters. The minimum Gasteiger partial charge on any atom is -0.473 e. The van der Waals surface area contributed by atoms with E-state index in [1.807, 2.05) is 16.7 Å². The molecule has 3 heterocycles. The van der Waals surface area contributed by atoms with Gasteiger partial charge in [0, 0.05) is 6.54 Å². The van der Waals surface area contributed by atoms with E-state index in [9.17, 15) is 0 Å². The molecule has 3 rings (SSSR count). The molecule has 0 bridgehead atoms. The van der Waals surface area contributed by atoms with Crippen LogP contribution >= 0.6 is 0 Å². The predicted molar refractivity (Wildman–Crippen MR) is 60.8 cm³/mol. The molecule has 5 nitrogen and oxygen atoms in total. The van der Waals surface area contributed by atoms with E-state index in [1.54, 1.807) is 25.1 Å². The Balaban J connectivity index is 0.000000205. The topological polar surface area (TPSA) is 56.7 Å². The van der Waals surface area contributed by atoms with Crippen molar-refractivity contribution in [3.8, 4) is 0 Å². The summed E-state index contributed by atoms with van der Waals surface area (Å²) < 4.78 is 6.57. The molecule has 0 N–H and O–H groups in total. The van der Waals surface area contributed by atoms with Crippen LogP contribution in [0.3, 0.4) is 0 Å². The summed E-state index contributed by atoms with van der Waals surface area (Å²) in [7, 11) is 0. The molecular formula is C11H13N4O+. The summed E-state index contributed by atoms with van der Waals surface area (Å²) in [5.74, 6) is 0. The van der Waals surface area contributed by atoms with Gasteiger partial charge in [0.15, 0.2) is 5.65 Å². The molecule has 5 heteroatoms. The van der Waals surface area contributed by atoms with Gasteiger partial charge in [-0.3, -0.25) is 0 Å². The summed E-state index contributed by atoms with van der Waals surface area (Å²) in [5.41, 5.74) is 1.76. The number of rotatable bonds is 1. The summed E-state index contributed by atoms with van der Waals surface area (Å²) >= 11 is 0. The van der Waals surface area contributed by atoms with Crippen LogP contribution in [0.15, 0.2) is 47.9 Å². The number of furan rings is 1. The third kappa shape index (κ3) is 2.25. The van der Waals surface area contributed by atoms with Crippen LogP contribution in [-0.2, 0) is 6.54 Å². The quantitative estimate of drug-likeness (QED) is 0.627. The van der Waals surface area contributed by atoms with Gasteiger partial charge < -0.3 is 8.98 Å². The predicted octanol–water partition coefficient (Wildman–Crippen LogP) is 2.24. The van der Waals surface area contributed by atoms with E-state index in [4.69, 9.17) is 0 Å². The smallest absolute Gasteiger partial charge is 0.473 e. The summed E-state index contributed by atoms with van der Waals surface area (Å²) in [6.07, 6.45) is 8.28. The van der Waals surface area contributed by atoms with Gasteiger partial charge in [0.05, 0.1) is 25.1 Å². The van der Waals surface area contributed by atoms with Crippen molar-refractivity contribution in [2.45, 2.75) is 13.5 Å². The molecule has 0 atom stereocenters. The van der Waals surface area contributed by atoms with Crippen LogP contribution in [0.4, 0.5) is 0 Å². The minimum atomic E-state index is 0. The van der Waals surface area contributed by atoms with Crippen molar-refractivity contribution in [1.29, 1.82) is 0 Å². The van der Waals surface area contributed by atoms with Crippen molar-refractivity contribution < 1.29 is 5.84 Å². The SMILES string of the molecule is CCn1cnc2cncnc21.[H+].c1ccoc1. The Labute approximate surface area is 94.3 Å². The molecule has 0 aliphatic rings. The van der Waals surface area contributed by atoms with Gasteiger partial charge in [-0.15, -0.1) is 0 Å². The first-order chi connectivity index (χ1) is 7.92. The van der Waals surface area contributed by atoms with Gasteiger partial charge in [0.1, 0.15) is 11.8 Å². The summed E-state index contributed by atoms with van der Waals surface area (Å²) in [6.45, 7) is 2.96. The Morgan fingerprint density at radius 1 is 1.31 bits per heavy atom. The van der Waals surface area contributed by atoms with Gasteiger partial charge in [0.2, 0.25) is 0 Å². The molecule has 0 amide bonds. The van der Waals surface area contributed by atoms with E-state index >= 15 is 0 Å². The third-order valence-electron chi connectivity index (χ3n) is 2.05. The molecule has 0 spiro atoms. The fourth-order valence-electron chi connectivity index (χ4n) is 1.27. The molecule has 3 aromatic heterocycles. The van der Waals surface area contributed by atoms with Crippen molar-refractivity contribution in [2.24, 2.45) is 0 Å². The van der Waals surface area contributed by atoms with Crippen LogP contribution < -0.4 is 0 Å².